The van der Waals surface area contributed by atoms with E-state index in [1.165, 1.54) is 0 Å². The normalized spacial score (nSPS) is 12.6. The fourth-order valence-corrected chi connectivity index (χ4v) is 2.25. The Labute approximate surface area is 167 Å². The number of aliphatic imine (C=N–C) groups is 1. The van der Waals surface area contributed by atoms with E-state index < -0.39 is 5.91 Å². The number of hydrogen-bond acceptors (Lipinski definition) is 4. The summed E-state index contributed by atoms with van der Waals surface area (Å²) in [6, 6.07) is 3.26. The quantitative estimate of drug-likeness (QED) is 0.280. The third-order valence-corrected chi connectivity index (χ3v) is 3.49. The van der Waals surface area contributed by atoms with Gasteiger partial charge in [0, 0.05) is 19.7 Å². The SMILES string of the molecule is CCNC(=NCc1ccc(C(N)=O)o1)NCCC(OCC)C(C)C.I. The molecule has 0 aliphatic carbocycles. The van der Waals surface area contributed by atoms with Crippen LogP contribution in [0.2, 0.25) is 0 Å². The van der Waals surface area contributed by atoms with E-state index in [2.05, 4.69) is 29.5 Å². The van der Waals surface area contributed by atoms with Crippen LogP contribution < -0.4 is 16.4 Å². The molecule has 144 valence electrons. The molecule has 1 rings (SSSR count). The van der Waals surface area contributed by atoms with Gasteiger partial charge in [0.15, 0.2) is 11.7 Å². The molecule has 0 aliphatic heterocycles. The minimum absolute atomic E-state index is 0. The molecule has 1 aromatic heterocycles. The third kappa shape index (κ3) is 9.10. The molecule has 0 saturated carbocycles. The number of ether oxygens (including phenoxy) is 1. The molecule has 8 heteroatoms. The van der Waals surface area contributed by atoms with Gasteiger partial charge in [-0.2, -0.15) is 0 Å². The molecule has 0 saturated heterocycles. The van der Waals surface area contributed by atoms with Crippen LogP contribution in [-0.4, -0.2) is 37.7 Å². The number of furan rings is 1. The van der Waals surface area contributed by atoms with E-state index in [1.54, 1.807) is 12.1 Å². The van der Waals surface area contributed by atoms with Crippen molar-refractivity contribution in [1.29, 1.82) is 0 Å². The van der Waals surface area contributed by atoms with Gasteiger partial charge in [-0.3, -0.25) is 4.79 Å². The van der Waals surface area contributed by atoms with Gasteiger partial charge in [-0.1, -0.05) is 13.8 Å². The number of nitrogens with zero attached hydrogens (tertiary/aromatic N) is 1. The number of hydrogen-bond donors (Lipinski definition) is 3. The summed E-state index contributed by atoms with van der Waals surface area (Å²) in [6.07, 6.45) is 1.14. The highest BCUT2D eigenvalue weighted by Crippen LogP contribution is 2.10. The van der Waals surface area contributed by atoms with Crippen molar-refractivity contribution in [2.75, 3.05) is 19.7 Å². The van der Waals surface area contributed by atoms with E-state index in [0.717, 1.165) is 26.1 Å². The molecule has 0 spiro atoms. The molecule has 1 amide bonds. The molecule has 1 heterocycles. The second-order valence-corrected chi connectivity index (χ2v) is 5.78. The monoisotopic (exact) mass is 466 g/mol. The fraction of sp³-hybridized carbons (Fsp3) is 0.647. The van der Waals surface area contributed by atoms with Crippen LogP contribution in [0.15, 0.2) is 21.5 Å². The van der Waals surface area contributed by atoms with E-state index in [9.17, 15) is 4.79 Å². The average molecular weight is 466 g/mol. The average Bonchev–Trinajstić information content (AvgIpc) is 3.00. The molecule has 0 fully saturated rings. The van der Waals surface area contributed by atoms with Gasteiger partial charge < -0.3 is 25.5 Å². The molecule has 1 aromatic rings. The van der Waals surface area contributed by atoms with Crippen LogP contribution in [0.3, 0.4) is 0 Å². The molecule has 0 aliphatic rings. The summed E-state index contributed by atoms with van der Waals surface area (Å²) in [5, 5.41) is 6.47. The van der Waals surface area contributed by atoms with E-state index in [0.29, 0.717) is 24.2 Å². The van der Waals surface area contributed by atoms with Crippen molar-refractivity contribution in [2.45, 2.75) is 46.8 Å². The summed E-state index contributed by atoms with van der Waals surface area (Å²) in [7, 11) is 0. The Morgan fingerprint density at radius 2 is 2.04 bits per heavy atom. The number of rotatable bonds is 10. The maximum Gasteiger partial charge on any atom is 0.284 e. The minimum atomic E-state index is -0.578. The number of carbonyl (C=O) groups is 1. The van der Waals surface area contributed by atoms with Crippen LogP contribution >= 0.6 is 24.0 Å². The van der Waals surface area contributed by atoms with Crippen molar-refractivity contribution in [3.05, 3.63) is 23.7 Å². The Bertz CT molecular complexity index is 532. The van der Waals surface area contributed by atoms with Gasteiger partial charge >= 0.3 is 0 Å². The lowest BCUT2D eigenvalue weighted by atomic mass is 10.0. The van der Waals surface area contributed by atoms with Crippen molar-refractivity contribution in [3.8, 4) is 0 Å². The zero-order valence-electron chi connectivity index (χ0n) is 15.5. The first-order chi connectivity index (χ1) is 11.5. The zero-order chi connectivity index (χ0) is 17.9. The first-order valence-corrected chi connectivity index (χ1v) is 8.50. The number of carbonyl (C=O) groups excluding carboxylic acids is 1. The van der Waals surface area contributed by atoms with E-state index in [1.807, 2.05) is 13.8 Å². The Morgan fingerprint density at radius 3 is 2.56 bits per heavy atom. The molecule has 0 radical (unpaired) electrons. The predicted molar refractivity (Wildman–Crippen MR) is 110 cm³/mol. The Balaban J connectivity index is 0.00000576. The van der Waals surface area contributed by atoms with Crippen LogP contribution in [0.5, 0.6) is 0 Å². The van der Waals surface area contributed by atoms with E-state index >= 15 is 0 Å². The highest BCUT2D eigenvalue weighted by molar-refractivity contribution is 14.0. The number of nitrogens with one attached hydrogen (secondary N) is 2. The number of amides is 1. The summed E-state index contributed by atoms with van der Waals surface area (Å²) in [6.45, 7) is 10.9. The number of halogens is 1. The Kier molecular flexibility index (Phi) is 12.3. The summed E-state index contributed by atoms with van der Waals surface area (Å²) >= 11 is 0. The van der Waals surface area contributed by atoms with E-state index in [4.69, 9.17) is 14.9 Å². The summed E-state index contributed by atoms with van der Waals surface area (Å²) in [5.74, 6) is 1.34. The van der Waals surface area contributed by atoms with Crippen molar-refractivity contribution >= 4 is 35.8 Å². The van der Waals surface area contributed by atoms with Gasteiger partial charge in [-0.15, -0.1) is 24.0 Å². The Hall–Kier alpha value is -1.29. The summed E-state index contributed by atoms with van der Waals surface area (Å²) in [4.78, 5) is 15.5. The molecule has 0 bridgehead atoms. The largest absolute Gasteiger partial charge is 0.454 e. The summed E-state index contributed by atoms with van der Waals surface area (Å²) < 4.78 is 11.1. The van der Waals surface area contributed by atoms with E-state index in [-0.39, 0.29) is 35.8 Å². The molecule has 1 unspecified atom stereocenters. The van der Waals surface area contributed by atoms with Crippen LogP contribution in [0.4, 0.5) is 0 Å². The van der Waals surface area contributed by atoms with Gasteiger partial charge in [0.1, 0.15) is 12.3 Å². The highest BCUT2D eigenvalue weighted by atomic mass is 127. The molecule has 7 nitrogen and oxygen atoms in total. The number of nitrogens with two attached hydrogens (primary N) is 1. The lowest BCUT2D eigenvalue weighted by molar-refractivity contribution is 0.0258. The standard InChI is InChI=1S/C17H30N4O3.HI/c1-5-19-17(20-10-9-14(12(3)4)23-6-2)21-11-13-7-8-15(24-13)16(18)22;/h7-8,12,14H,5-6,9-11H2,1-4H3,(H2,18,22)(H2,19,20,21);1H. The first kappa shape index (κ1) is 23.7. The lowest BCUT2D eigenvalue weighted by Gasteiger charge is -2.21. The zero-order valence-corrected chi connectivity index (χ0v) is 17.8. The molecular formula is C17H31IN4O3. The minimum Gasteiger partial charge on any atom is -0.454 e. The molecule has 4 N–H and O–H groups in total. The highest BCUT2D eigenvalue weighted by Gasteiger charge is 2.13. The summed E-state index contributed by atoms with van der Waals surface area (Å²) in [5.41, 5.74) is 5.17. The van der Waals surface area contributed by atoms with Gasteiger partial charge in [0.05, 0.1) is 6.10 Å². The number of primary amides is 1. The lowest BCUT2D eigenvalue weighted by Crippen LogP contribution is -2.39. The molecular weight excluding hydrogens is 435 g/mol. The van der Waals surface area contributed by atoms with Gasteiger partial charge in [0.2, 0.25) is 0 Å². The fourth-order valence-electron chi connectivity index (χ4n) is 2.25. The topological polar surface area (TPSA) is 102 Å². The predicted octanol–water partition coefficient (Wildman–Crippen LogP) is 2.50. The van der Waals surface area contributed by atoms with Gasteiger partial charge in [0.25, 0.3) is 5.91 Å². The van der Waals surface area contributed by atoms with Crippen LogP contribution in [-0.2, 0) is 11.3 Å². The van der Waals surface area contributed by atoms with Crippen LogP contribution in [0, 0.1) is 5.92 Å². The first-order valence-electron chi connectivity index (χ1n) is 8.50. The Morgan fingerprint density at radius 1 is 1.32 bits per heavy atom. The van der Waals surface area contributed by atoms with Gasteiger partial charge in [-0.25, -0.2) is 4.99 Å². The number of guanidine groups is 1. The van der Waals surface area contributed by atoms with Crippen LogP contribution in [0.1, 0.15) is 50.4 Å². The molecule has 1 atom stereocenters. The maximum atomic E-state index is 11.0. The second kappa shape index (κ2) is 13.0. The third-order valence-electron chi connectivity index (χ3n) is 3.49. The maximum absolute atomic E-state index is 11.0. The van der Waals surface area contributed by atoms with Gasteiger partial charge in [-0.05, 0) is 38.3 Å². The van der Waals surface area contributed by atoms with Crippen LogP contribution in [0.25, 0.3) is 0 Å². The molecule has 25 heavy (non-hydrogen) atoms. The molecule has 0 aromatic carbocycles. The van der Waals surface area contributed by atoms with Crippen molar-refractivity contribution in [1.82, 2.24) is 10.6 Å². The van der Waals surface area contributed by atoms with Crippen molar-refractivity contribution in [3.63, 3.8) is 0 Å². The smallest absolute Gasteiger partial charge is 0.284 e. The van der Waals surface area contributed by atoms with Crippen molar-refractivity contribution < 1.29 is 13.9 Å². The second-order valence-electron chi connectivity index (χ2n) is 5.78. The van der Waals surface area contributed by atoms with Crippen molar-refractivity contribution in [2.24, 2.45) is 16.6 Å².